The van der Waals surface area contributed by atoms with Crippen LogP contribution in [-0.4, -0.2) is 35.3 Å². The number of rotatable bonds is 8. The van der Waals surface area contributed by atoms with Crippen LogP contribution < -0.4 is 10.6 Å². The van der Waals surface area contributed by atoms with Gasteiger partial charge in [0.1, 0.15) is 22.4 Å². The molecule has 0 saturated heterocycles. The number of aromatic nitrogens is 2. The third-order valence-electron chi connectivity index (χ3n) is 2.55. The molecule has 0 saturated carbocycles. The van der Waals surface area contributed by atoms with Gasteiger partial charge in [-0.05, 0) is 43.1 Å². The number of nitrogens with zero attached hydrogens (tertiary/aromatic N) is 2. The second-order valence-electron chi connectivity index (χ2n) is 4.86. The summed E-state index contributed by atoms with van der Waals surface area (Å²) in [7, 11) is 0. The van der Waals surface area contributed by atoms with E-state index in [9.17, 15) is 0 Å². The predicted octanol–water partition coefficient (Wildman–Crippen LogP) is 3.29. The quantitative estimate of drug-likeness (QED) is 0.765. The van der Waals surface area contributed by atoms with Gasteiger partial charge in [0.15, 0.2) is 0 Å². The van der Waals surface area contributed by atoms with Crippen LogP contribution in [0.5, 0.6) is 0 Å². The highest BCUT2D eigenvalue weighted by atomic mass is 79.9. The van der Waals surface area contributed by atoms with E-state index in [1.807, 2.05) is 6.92 Å². The van der Waals surface area contributed by atoms with E-state index < -0.39 is 0 Å². The van der Waals surface area contributed by atoms with Crippen LogP contribution in [0.4, 0.5) is 11.6 Å². The molecular weight excluding hydrogens is 308 g/mol. The Hall–Kier alpha value is -0.880. The number of ether oxygens (including phenoxy) is 1. The van der Waals surface area contributed by atoms with Gasteiger partial charge >= 0.3 is 0 Å². The molecule has 0 radical (unpaired) electrons. The fourth-order valence-electron chi connectivity index (χ4n) is 1.60. The van der Waals surface area contributed by atoms with E-state index in [-0.39, 0.29) is 5.60 Å². The molecule has 0 bridgehead atoms. The molecule has 19 heavy (non-hydrogen) atoms. The minimum atomic E-state index is -0.226. The summed E-state index contributed by atoms with van der Waals surface area (Å²) in [4.78, 5) is 8.46. The fraction of sp³-hybridized carbons (Fsp3) is 0.692. The summed E-state index contributed by atoms with van der Waals surface area (Å²) in [6.45, 7) is 10.5. The van der Waals surface area contributed by atoms with Gasteiger partial charge in [-0.1, -0.05) is 6.92 Å². The zero-order chi connectivity index (χ0) is 14.3. The standard InChI is InChI=1S/C13H23BrN4O/c1-5-7-15-11-10(14)12(18-9-17-11)16-8-13(3,4)19-6-2/h9H,5-8H2,1-4H3,(H2,15,16,17,18). The van der Waals surface area contributed by atoms with Gasteiger partial charge in [-0.3, -0.25) is 0 Å². The van der Waals surface area contributed by atoms with E-state index in [0.717, 1.165) is 29.1 Å². The first-order valence-electron chi connectivity index (χ1n) is 6.62. The normalized spacial score (nSPS) is 11.4. The van der Waals surface area contributed by atoms with Crippen molar-refractivity contribution in [1.82, 2.24) is 9.97 Å². The Balaban J connectivity index is 2.68. The average Bonchev–Trinajstić information content (AvgIpc) is 2.36. The van der Waals surface area contributed by atoms with Gasteiger partial charge in [-0.15, -0.1) is 0 Å². The summed E-state index contributed by atoms with van der Waals surface area (Å²) in [5.41, 5.74) is -0.226. The Bertz CT molecular complexity index is 398. The van der Waals surface area contributed by atoms with Gasteiger partial charge in [-0.25, -0.2) is 9.97 Å². The highest BCUT2D eigenvalue weighted by molar-refractivity contribution is 9.10. The summed E-state index contributed by atoms with van der Waals surface area (Å²) < 4.78 is 6.51. The van der Waals surface area contributed by atoms with Crippen LogP contribution in [0.3, 0.4) is 0 Å². The van der Waals surface area contributed by atoms with Crippen LogP contribution in [0.15, 0.2) is 10.8 Å². The van der Waals surface area contributed by atoms with Gasteiger partial charge in [0.2, 0.25) is 0 Å². The van der Waals surface area contributed by atoms with E-state index >= 15 is 0 Å². The molecule has 0 aliphatic carbocycles. The first-order valence-corrected chi connectivity index (χ1v) is 7.41. The lowest BCUT2D eigenvalue weighted by Crippen LogP contribution is -2.33. The zero-order valence-electron chi connectivity index (χ0n) is 12.1. The van der Waals surface area contributed by atoms with Crippen molar-refractivity contribution in [2.24, 2.45) is 0 Å². The van der Waals surface area contributed by atoms with Crippen LogP contribution in [0.25, 0.3) is 0 Å². The first kappa shape index (κ1) is 16.2. The average molecular weight is 331 g/mol. The maximum absolute atomic E-state index is 5.65. The van der Waals surface area contributed by atoms with Crippen molar-refractivity contribution in [2.45, 2.75) is 39.7 Å². The van der Waals surface area contributed by atoms with Crippen LogP contribution in [0, 0.1) is 0 Å². The van der Waals surface area contributed by atoms with E-state index in [4.69, 9.17) is 4.74 Å². The predicted molar refractivity (Wildman–Crippen MR) is 82.7 cm³/mol. The second-order valence-corrected chi connectivity index (χ2v) is 5.65. The Morgan fingerprint density at radius 1 is 1.21 bits per heavy atom. The molecule has 0 aliphatic heterocycles. The molecule has 1 rings (SSSR count). The monoisotopic (exact) mass is 330 g/mol. The van der Waals surface area contributed by atoms with Gasteiger partial charge in [-0.2, -0.15) is 0 Å². The minimum Gasteiger partial charge on any atom is -0.374 e. The van der Waals surface area contributed by atoms with Crippen molar-refractivity contribution in [1.29, 1.82) is 0 Å². The highest BCUT2D eigenvalue weighted by Gasteiger charge is 2.18. The number of halogens is 1. The van der Waals surface area contributed by atoms with Crippen molar-refractivity contribution in [2.75, 3.05) is 30.3 Å². The van der Waals surface area contributed by atoms with Crippen LogP contribution in [0.2, 0.25) is 0 Å². The SMILES string of the molecule is CCCNc1ncnc(NCC(C)(C)OCC)c1Br. The van der Waals surface area contributed by atoms with Gasteiger partial charge in [0.25, 0.3) is 0 Å². The largest absolute Gasteiger partial charge is 0.374 e. The van der Waals surface area contributed by atoms with Crippen LogP contribution >= 0.6 is 15.9 Å². The molecule has 0 atom stereocenters. The number of anilines is 2. The Kier molecular flexibility index (Phi) is 6.51. The van der Waals surface area contributed by atoms with Crippen LogP contribution in [-0.2, 0) is 4.74 Å². The molecule has 0 fully saturated rings. The van der Waals surface area contributed by atoms with Crippen LogP contribution in [0.1, 0.15) is 34.1 Å². The zero-order valence-corrected chi connectivity index (χ0v) is 13.7. The molecule has 0 spiro atoms. The molecule has 0 aromatic carbocycles. The van der Waals surface area contributed by atoms with Crippen molar-refractivity contribution in [3.8, 4) is 0 Å². The summed E-state index contributed by atoms with van der Waals surface area (Å²) in [5, 5.41) is 6.55. The Morgan fingerprint density at radius 2 is 1.84 bits per heavy atom. The molecule has 1 aromatic heterocycles. The second kappa shape index (κ2) is 7.65. The third kappa shape index (κ3) is 5.32. The molecule has 5 nitrogen and oxygen atoms in total. The number of hydrogen-bond acceptors (Lipinski definition) is 5. The third-order valence-corrected chi connectivity index (χ3v) is 3.30. The van der Waals surface area contributed by atoms with Crippen molar-refractivity contribution in [3.05, 3.63) is 10.8 Å². The van der Waals surface area contributed by atoms with E-state index in [2.05, 4.69) is 57.3 Å². The minimum absolute atomic E-state index is 0.226. The number of hydrogen-bond donors (Lipinski definition) is 2. The van der Waals surface area contributed by atoms with E-state index in [1.54, 1.807) is 6.33 Å². The van der Waals surface area contributed by atoms with E-state index in [1.165, 1.54) is 0 Å². The number of nitrogens with one attached hydrogen (secondary N) is 2. The van der Waals surface area contributed by atoms with Gasteiger partial charge < -0.3 is 15.4 Å². The Morgan fingerprint density at radius 3 is 2.42 bits per heavy atom. The van der Waals surface area contributed by atoms with Crippen molar-refractivity contribution < 1.29 is 4.74 Å². The lowest BCUT2D eigenvalue weighted by molar-refractivity contribution is 0.000632. The Labute approximate surface area is 123 Å². The fourth-order valence-corrected chi connectivity index (χ4v) is 2.08. The summed E-state index contributed by atoms with van der Waals surface area (Å²) in [6, 6.07) is 0. The lowest BCUT2D eigenvalue weighted by Gasteiger charge is -2.25. The molecule has 108 valence electrons. The summed E-state index contributed by atoms with van der Waals surface area (Å²) in [5.74, 6) is 1.59. The first-order chi connectivity index (χ1) is 9.00. The van der Waals surface area contributed by atoms with Gasteiger partial charge in [0.05, 0.1) is 5.60 Å². The van der Waals surface area contributed by atoms with Gasteiger partial charge in [0, 0.05) is 19.7 Å². The van der Waals surface area contributed by atoms with Crippen molar-refractivity contribution in [3.63, 3.8) is 0 Å². The maximum Gasteiger partial charge on any atom is 0.146 e. The molecule has 0 aliphatic rings. The summed E-state index contributed by atoms with van der Waals surface area (Å²) in [6.07, 6.45) is 2.61. The topological polar surface area (TPSA) is 59.1 Å². The van der Waals surface area contributed by atoms with Crippen molar-refractivity contribution >= 4 is 27.6 Å². The highest BCUT2D eigenvalue weighted by Crippen LogP contribution is 2.27. The molecular formula is C13H23BrN4O. The molecule has 6 heteroatoms. The molecule has 0 amide bonds. The molecule has 1 aromatic rings. The summed E-state index contributed by atoms with van der Waals surface area (Å²) >= 11 is 3.53. The lowest BCUT2D eigenvalue weighted by atomic mass is 10.1. The maximum atomic E-state index is 5.65. The molecule has 0 unspecified atom stereocenters. The van der Waals surface area contributed by atoms with E-state index in [0.29, 0.717) is 13.2 Å². The smallest absolute Gasteiger partial charge is 0.146 e. The molecule has 2 N–H and O–H groups in total. The molecule has 1 heterocycles.